The van der Waals surface area contributed by atoms with Crippen LogP contribution in [0.15, 0.2) is 0 Å². The van der Waals surface area contributed by atoms with Gasteiger partial charge in [0.15, 0.2) is 0 Å². The molecule has 0 amide bonds. The fourth-order valence-corrected chi connectivity index (χ4v) is 3.86. The summed E-state index contributed by atoms with van der Waals surface area (Å²) >= 11 is 0. The molecule has 3 heteroatoms. The topological polar surface area (TPSA) is 38.5 Å². The van der Waals surface area contributed by atoms with E-state index in [4.69, 9.17) is 10.5 Å². The number of rotatable bonds is 2. The van der Waals surface area contributed by atoms with Crippen molar-refractivity contribution in [1.29, 1.82) is 0 Å². The standard InChI is InChI=1S/C13H24N2O/c14-10-13(6-2-1-3-7-13)15-8-11-4-5-12(9-15)16-11/h11-12H,1-10,14H2. The smallest absolute Gasteiger partial charge is 0.0707 e. The van der Waals surface area contributed by atoms with E-state index in [1.165, 1.54) is 44.9 Å². The van der Waals surface area contributed by atoms with E-state index in [0.717, 1.165) is 19.6 Å². The maximum Gasteiger partial charge on any atom is 0.0707 e. The lowest BCUT2D eigenvalue weighted by atomic mass is 9.80. The van der Waals surface area contributed by atoms with Gasteiger partial charge in [-0.25, -0.2) is 0 Å². The molecule has 0 aromatic heterocycles. The molecule has 1 aliphatic carbocycles. The van der Waals surface area contributed by atoms with Crippen LogP contribution in [-0.2, 0) is 4.74 Å². The van der Waals surface area contributed by atoms with Crippen molar-refractivity contribution in [2.75, 3.05) is 19.6 Å². The molecule has 2 saturated heterocycles. The van der Waals surface area contributed by atoms with Gasteiger partial charge in [-0.15, -0.1) is 0 Å². The molecular formula is C13H24N2O. The number of fused-ring (bicyclic) bond motifs is 2. The summed E-state index contributed by atoms with van der Waals surface area (Å²) in [6.45, 7) is 3.11. The van der Waals surface area contributed by atoms with E-state index in [0.29, 0.717) is 17.7 Å². The first-order valence-corrected chi connectivity index (χ1v) is 6.93. The van der Waals surface area contributed by atoms with Gasteiger partial charge in [0, 0.05) is 25.2 Å². The van der Waals surface area contributed by atoms with Gasteiger partial charge < -0.3 is 10.5 Å². The molecule has 2 atom stereocenters. The molecule has 0 radical (unpaired) electrons. The van der Waals surface area contributed by atoms with Crippen LogP contribution in [0.2, 0.25) is 0 Å². The van der Waals surface area contributed by atoms with E-state index < -0.39 is 0 Å². The molecule has 0 spiro atoms. The van der Waals surface area contributed by atoms with E-state index in [1.807, 2.05) is 0 Å². The van der Waals surface area contributed by atoms with Gasteiger partial charge in [-0.2, -0.15) is 0 Å². The summed E-state index contributed by atoms with van der Waals surface area (Å²) in [7, 11) is 0. The molecule has 2 unspecified atom stereocenters. The first-order chi connectivity index (χ1) is 7.82. The van der Waals surface area contributed by atoms with Crippen LogP contribution in [0.1, 0.15) is 44.9 Å². The SMILES string of the molecule is NCC1(N2CC3CCC(C2)O3)CCCCC1. The summed E-state index contributed by atoms with van der Waals surface area (Å²) in [4.78, 5) is 2.68. The van der Waals surface area contributed by atoms with Gasteiger partial charge in [0.1, 0.15) is 0 Å². The molecule has 1 saturated carbocycles. The Kier molecular flexibility index (Phi) is 2.94. The summed E-state index contributed by atoms with van der Waals surface area (Å²) in [5, 5.41) is 0. The lowest BCUT2D eigenvalue weighted by Crippen LogP contribution is -2.60. The number of ether oxygens (including phenoxy) is 1. The van der Waals surface area contributed by atoms with Crippen LogP contribution >= 0.6 is 0 Å². The van der Waals surface area contributed by atoms with Gasteiger partial charge in [-0.3, -0.25) is 4.90 Å². The quantitative estimate of drug-likeness (QED) is 0.772. The molecule has 0 aromatic carbocycles. The normalized spacial score (nSPS) is 38.8. The Morgan fingerprint density at radius 2 is 1.69 bits per heavy atom. The van der Waals surface area contributed by atoms with Crippen LogP contribution in [0.4, 0.5) is 0 Å². The zero-order valence-corrected chi connectivity index (χ0v) is 10.2. The van der Waals surface area contributed by atoms with Gasteiger partial charge in [0.2, 0.25) is 0 Å². The average Bonchev–Trinajstić information content (AvgIpc) is 2.69. The average molecular weight is 224 g/mol. The Morgan fingerprint density at radius 3 is 2.25 bits per heavy atom. The van der Waals surface area contributed by atoms with Crippen molar-refractivity contribution in [2.24, 2.45) is 5.73 Å². The zero-order chi connectivity index (χ0) is 11.0. The molecule has 3 rings (SSSR count). The van der Waals surface area contributed by atoms with Crippen molar-refractivity contribution >= 4 is 0 Å². The molecule has 2 N–H and O–H groups in total. The maximum atomic E-state index is 6.10. The third kappa shape index (κ3) is 1.79. The van der Waals surface area contributed by atoms with Gasteiger partial charge in [-0.1, -0.05) is 19.3 Å². The van der Waals surface area contributed by atoms with Gasteiger partial charge in [0.25, 0.3) is 0 Å². The van der Waals surface area contributed by atoms with Gasteiger partial charge in [0.05, 0.1) is 12.2 Å². The number of hydrogen-bond donors (Lipinski definition) is 1. The van der Waals surface area contributed by atoms with E-state index in [-0.39, 0.29) is 0 Å². The lowest BCUT2D eigenvalue weighted by molar-refractivity contribution is -0.0851. The second kappa shape index (κ2) is 4.28. The summed E-state index contributed by atoms with van der Waals surface area (Å²) < 4.78 is 5.93. The van der Waals surface area contributed by atoms with Gasteiger partial charge >= 0.3 is 0 Å². The molecule has 3 aliphatic rings. The van der Waals surface area contributed by atoms with Gasteiger partial charge in [-0.05, 0) is 25.7 Å². The van der Waals surface area contributed by atoms with Crippen LogP contribution in [0, 0.1) is 0 Å². The maximum absolute atomic E-state index is 6.10. The summed E-state index contributed by atoms with van der Waals surface area (Å²) in [5.74, 6) is 0. The lowest BCUT2D eigenvalue weighted by Gasteiger charge is -2.49. The molecule has 2 heterocycles. The third-order valence-electron chi connectivity index (χ3n) is 4.88. The highest BCUT2D eigenvalue weighted by molar-refractivity contribution is 4.99. The molecule has 16 heavy (non-hydrogen) atoms. The second-order valence-electron chi connectivity index (χ2n) is 5.85. The second-order valence-corrected chi connectivity index (χ2v) is 5.85. The molecule has 2 aliphatic heterocycles. The number of nitrogens with zero attached hydrogens (tertiary/aromatic N) is 1. The Morgan fingerprint density at radius 1 is 1.06 bits per heavy atom. The predicted octanol–water partition coefficient (Wildman–Crippen LogP) is 1.51. The van der Waals surface area contributed by atoms with Crippen LogP contribution in [-0.4, -0.2) is 42.3 Å². The monoisotopic (exact) mass is 224 g/mol. The molecule has 2 bridgehead atoms. The van der Waals surface area contributed by atoms with Crippen molar-refractivity contribution in [3.05, 3.63) is 0 Å². The zero-order valence-electron chi connectivity index (χ0n) is 10.2. The van der Waals surface area contributed by atoms with Crippen molar-refractivity contribution in [1.82, 2.24) is 4.90 Å². The van der Waals surface area contributed by atoms with Crippen molar-refractivity contribution in [3.8, 4) is 0 Å². The third-order valence-corrected chi connectivity index (χ3v) is 4.88. The Hall–Kier alpha value is -0.120. The minimum atomic E-state index is 0.322. The Balaban J connectivity index is 1.74. The molecule has 3 nitrogen and oxygen atoms in total. The first-order valence-electron chi connectivity index (χ1n) is 6.93. The highest BCUT2D eigenvalue weighted by atomic mass is 16.5. The fraction of sp³-hybridized carbons (Fsp3) is 1.00. The predicted molar refractivity (Wildman–Crippen MR) is 64.3 cm³/mol. The number of morpholine rings is 1. The van der Waals surface area contributed by atoms with Crippen molar-refractivity contribution in [3.63, 3.8) is 0 Å². The summed E-state index contributed by atoms with van der Waals surface area (Å²) in [6, 6.07) is 0. The first kappa shape index (κ1) is 11.0. The highest BCUT2D eigenvalue weighted by Gasteiger charge is 2.43. The summed E-state index contributed by atoms with van der Waals surface area (Å²) in [5.41, 5.74) is 6.42. The number of hydrogen-bond acceptors (Lipinski definition) is 3. The minimum absolute atomic E-state index is 0.322. The summed E-state index contributed by atoms with van der Waals surface area (Å²) in [6.07, 6.45) is 10.3. The Labute approximate surface area is 98.3 Å². The van der Waals surface area contributed by atoms with Crippen LogP contribution in [0.5, 0.6) is 0 Å². The van der Waals surface area contributed by atoms with E-state index in [9.17, 15) is 0 Å². The molecule has 3 fully saturated rings. The van der Waals surface area contributed by atoms with Crippen molar-refractivity contribution < 1.29 is 4.74 Å². The molecule has 92 valence electrons. The highest BCUT2D eigenvalue weighted by Crippen LogP contribution is 2.37. The van der Waals surface area contributed by atoms with Crippen LogP contribution in [0.25, 0.3) is 0 Å². The van der Waals surface area contributed by atoms with E-state index in [2.05, 4.69) is 4.90 Å². The number of likely N-dealkylation sites (tertiary alicyclic amines) is 1. The van der Waals surface area contributed by atoms with E-state index in [1.54, 1.807) is 0 Å². The molecular weight excluding hydrogens is 200 g/mol. The van der Waals surface area contributed by atoms with Crippen LogP contribution < -0.4 is 5.73 Å². The molecule has 0 aromatic rings. The minimum Gasteiger partial charge on any atom is -0.372 e. The fourth-order valence-electron chi connectivity index (χ4n) is 3.86. The van der Waals surface area contributed by atoms with Crippen LogP contribution in [0.3, 0.4) is 0 Å². The Bertz CT molecular complexity index is 238. The number of nitrogens with two attached hydrogens (primary N) is 1. The van der Waals surface area contributed by atoms with Crippen molar-refractivity contribution in [2.45, 2.75) is 62.7 Å². The van der Waals surface area contributed by atoms with E-state index >= 15 is 0 Å². The largest absolute Gasteiger partial charge is 0.372 e.